The second kappa shape index (κ2) is 4.79. The lowest BCUT2D eigenvalue weighted by atomic mass is 9.82. The lowest BCUT2D eigenvalue weighted by molar-refractivity contribution is 0.819. The van der Waals surface area contributed by atoms with Crippen LogP contribution in [0.15, 0.2) is 48.5 Å². The lowest BCUT2D eigenvalue weighted by Gasteiger charge is -2.22. The van der Waals surface area contributed by atoms with Crippen LogP contribution in [0.2, 0.25) is 10.0 Å². The summed E-state index contributed by atoms with van der Waals surface area (Å²) in [5.74, 6) is 0.376. The third kappa shape index (κ3) is 2.07. The summed E-state index contributed by atoms with van der Waals surface area (Å²) in [5.41, 5.74) is 3.87. The largest absolute Gasteiger partial charge is 0.0830 e. The standard InChI is InChI=1S/C16H12Cl2/c17-15-9-8-12(10-16(15)18)14-7-3-5-11-4-1-2-6-13(11)14/h1-6,8-10,14H,7H2/t14-/m0/s1. The van der Waals surface area contributed by atoms with Gasteiger partial charge in [-0.05, 0) is 35.2 Å². The number of hydrogen-bond acceptors (Lipinski definition) is 0. The van der Waals surface area contributed by atoms with Crippen LogP contribution in [0, 0.1) is 0 Å². The maximum Gasteiger partial charge on any atom is 0.0595 e. The van der Waals surface area contributed by atoms with Crippen molar-refractivity contribution in [1.29, 1.82) is 0 Å². The van der Waals surface area contributed by atoms with Crippen molar-refractivity contribution in [3.8, 4) is 0 Å². The highest BCUT2D eigenvalue weighted by Crippen LogP contribution is 2.37. The zero-order valence-electron chi connectivity index (χ0n) is 9.74. The number of allylic oxidation sites excluding steroid dienone is 1. The number of halogens is 2. The van der Waals surface area contributed by atoms with Gasteiger partial charge in [0.1, 0.15) is 0 Å². The molecule has 18 heavy (non-hydrogen) atoms. The molecular weight excluding hydrogens is 263 g/mol. The minimum Gasteiger partial charge on any atom is -0.0830 e. The van der Waals surface area contributed by atoms with E-state index in [4.69, 9.17) is 23.2 Å². The first kappa shape index (κ1) is 11.8. The van der Waals surface area contributed by atoms with Crippen LogP contribution in [0.1, 0.15) is 29.0 Å². The maximum absolute atomic E-state index is 6.11. The predicted octanol–water partition coefficient (Wildman–Crippen LogP) is 5.54. The Morgan fingerprint density at radius 3 is 2.61 bits per heavy atom. The average Bonchev–Trinajstić information content (AvgIpc) is 2.41. The molecule has 0 radical (unpaired) electrons. The number of fused-ring (bicyclic) bond motifs is 1. The third-order valence-electron chi connectivity index (χ3n) is 3.39. The lowest BCUT2D eigenvalue weighted by Crippen LogP contribution is -2.05. The van der Waals surface area contributed by atoms with E-state index in [-0.39, 0.29) is 0 Å². The second-order valence-electron chi connectivity index (χ2n) is 4.49. The van der Waals surface area contributed by atoms with Gasteiger partial charge in [0, 0.05) is 5.92 Å². The van der Waals surface area contributed by atoms with Crippen LogP contribution in [-0.4, -0.2) is 0 Å². The molecule has 0 spiro atoms. The van der Waals surface area contributed by atoms with Gasteiger partial charge in [-0.25, -0.2) is 0 Å². The molecule has 3 rings (SSSR count). The molecule has 0 nitrogen and oxygen atoms in total. The highest BCUT2D eigenvalue weighted by molar-refractivity contribution is 6.42. The van der Waals surface area contributed by atoms with Crippen LogP contribution in [0.3, 0.4) is 0 Å². The Morgan fingerprint density at radius 1 is 0.944 bits per heavy atom. The van der Waals surface area contributed by atoms with Crippen molar-refractivity contribution in [2.75, 3.05) is 0 Å². The molecule has 0 fully saturated rings. The molecule has 0 unspecified atom stereocenters. The van der Waals surface area contributed by atoms with Crippen LogP contribution in [0.4, 0.5) is 0 Å². The molecule has 1 aliphatic rings. The van der Waals surface area contributed by atoms with Gasteiger partial charge in [-0.1, -0.05) is 65.7 Å². The van der Waals surface area contributed by atoms with Crippen molar-refractivity contribution in [3.05, 3.63) is 75.3 Å². The smallest absolute Gasteiger partial charge is 0.0595 e. The fourth-order valence-electron chi connectivity index (χ4n) is 2.48. The monoisotopic (exact) mass is 274 g/mol. The van der Waals surface area contributed by atoms with Gasteiger partial charge in [0.2, 0.25) is 0 Å². The van der Waals surface area contributed by atoms with E-state index in [1.165, 1.54) is 16.7 Å². The molecule has 1 atom stereocenters. The van der Waals surface area contributed by atoms with Crippen molar-refractivity contribution in [2.45, 2.75) is 12.3 Å². The van der Waals surface area contributed by atoms with Crippen LogP contribution < -0.4 is 0 Å². The van der Waals surface area contributed by atoms with Gasteiger partial charge in [0.15, 0.2) is 0 Å². The fraction of sp³-hybridized carbons (Fsp3) is 0.125. The molecule has 2 heteroatoms. The minimum atomic E-state index is 0.376. The minimum absolute atomic E-state index is 0.376. The molecular formula is C16H12Cl2. The molecule has 0 aromatic heterocycles. The van der Waals surface area contributed by atoms with Crippen LogP contribution in [0.5, 0.6) is 0 Å². The molecule has 0 heterocycles. The molecule has 1 aliphatic carbocycles. The zero-order chi connectivity index (χ0) is 12.5. The van der Waals surface area contributed by atoms with Gasteiger partial charge in [0.25, 0.3) is 0 Å². The van der Waals surface area contributed by atoms with Crippen LogP contribution in [0.25, 0.3) is 6.08 Å². The van der Waals surface area contributed by atoms with Crippen LogP contribution >= 0.6 is 23.2 Å². The molecule has 0 saturated heterocycles. The molecule has 0 saturated carbocycles. The van der Waals surface area contributed by atoms with E-state index in [1.807, 2.05) is 12.1 Å². The third-order valence-corrected chi connectivity index (χ3v) is 4.13. The van der Waals surface area contributed by atoms with E-state index in [0.717, 1.165) is 6.42 Å². The normalized spacial score (nSPS) is 17.6. The summed E-state index contributed by atoms with van der Waals surface area (Å²) in [6, 6.07) is 14.4. The van der Waals surface area contributed by atoms with Gasteiger partial charge in [0.05, 0.1) is 10.0 Å². The Balaban J connectivity index is 2.08. The summed E-state index contributed by atoms with van der Waals surface area (Å²) in [7, 11) is 0. The Hall–Kier alpha value is -1.24. The fourth-order valence-corrected chi connectivity index (χ4v) is 2.79. The Labute approximate surface area is 117 Å². The number of hydrogen-bond donors (Lipinski definition) is 0. The van der Waals surface area contributed by atoms with Gasteiger partial charge in [-0.2, -0.15) is 0 Å². The van der Waals surface area contributed by atoms with E-state index in [0.29, 0.717) is 16.0 Å². The quantitative estimate of drug-likeness (QED) is 0.640. The van der Waals surface area contributed by atoms with Crippen molar-refractivity contribution < 1.29 is 0 Å². The molecule has 2 aromatic carbocycles. The Bertz CT molecular complexity index is 614. The van der Waals surface area contributed by atoms with Gasteiger partial charge in [-0.15, -0.1) is 0 Å². The van der Waals surface area contributed by atoms with Gasteiger partial charge >= 0.3 is 0 Å². The first-order chi connectivity index (χ1) is 8.75. The van der Waals surface area contributed by atoms with Crippen molar-refractivity contribution in [1.82, 2.24) is 0 Å². The molecule has 90 valence electrons. The predicted molar refractivity (Wildman–Crippen MR) is 78.4 cm³/mol. The summed E-state index contributed by atoms with van der Waals surface area (Å²) >= 11 is 12.1. The van der Waals surface area contributed by atoms with E-state index in [9.17, 15) is 0 Å². The van der Waals surface area contributed by atoms with Gasteiger partial charge < -0.3 is 0 Å². The molecule has 0 N–H and O–H groups in total. The van der Waals surface area contributed by atoms with Crippen LogP contribution in [-0.2, 0) is 0 Å². The summed E-state index contributed by atoms with van der Waals surface area (Å²) in [6.07, 6.45) is 5.41. The molecule has 0 bridgehead atoms. The van der Waals surface area contributed by atoms with E-state index in [2.05, 4.69) is 42.5 Å². The first-order valence-electron chi connectivity index (χ1n) is 5.96. The number of benzene rings is 2. The second-order valence-corrected chi connectivity index (χ2v) is 5.31. The SMILES string of the molecule is Clc1ccc([C@@H]2CC=Cc3ccccc32)cc1Cl. The molecule has 0 amide bonds. The molecule has 2 aromatic rings. The van der Waals surface area contributed by atoms with E-state index in [1.54, 1.807) is 0 Å². The highest BCUT2D eigenvalue weighted by Gasteiger charge is 2.18. The van der Waals surface area contributed by atoms with Crippen molar-refractivity contribution in [3.63, 3.8) is 0 Å². The average molecular weight is 275 g/mol. The molecule has 0 aliphatic heterocycles. The van der Waals surface area contributed by atoms with Gasteiger partial charge in [-0.3, -0.25) is 0 Å². The van der Waals surface area contributed by atoms with E-state index < -0.39 is 0 Å². The van der Waals surface area contributed by atoms with Crippen molar-refractivity contribution >= 4 is 29.3 Å². The Morgan fingerprint density at radius 2 is 1.78 bits per heavy atom. The summed E-state index contributed by atoms with van der Waals surface area (Å²) < 4.78 is 0. The summed E-state index contributed by atoms with van der Waals surface area (Å²) in [6.45, 7) is 0. The Kier molecular flexibility index (Phi) is 3.15. The summed E-state index contributed by atoms with van der Waals surface area (Å²) in [5, 5.41) is 1.24. The highest BCUT2D eigenvalue weighted by atomic mass is 35.5. The van der Waals surface area contributed by atoms with E-state index >= 15 is 0 Å². The first-order valence-corrected chi connectivity index (χ1v) is 6.72. The topological polar surface area (TPSA) is 0 Å². The maximum atomic E-state index is 6.11. The zero-order valence-corrected chi connectivity index (χ0v) is 11.2. The number of rotatable bonds is 1. The van der Waals surface area contributed by atoms with Crippen molar-refractivity contribution in [2.24, 2.45) is 0 Å². The summed E-state index contributed by atoms with van der Waals surface area (Å²) in [4.78, 5) is 0.